The van der Waals surface area contributed by atoms with E-state index in [1.54, 1.807) is 6.07 Å². The van der Waals surface area contributed by atoms with Crippen molar-refractivity contribution in [1.82, 2.24) is 5.32 Å². The standard InChI is InChI=1S/C11H13BrN2O4/c12-10-7-9(14(17)18)3-2-8(10)6-11(16)13-4-1-5-15/h2-3,7,15H,1,4-6H2,(H,13,16). The fourth-order valence-corrected chi connectivity index (χ4v) is 1.84. The fraction of sp³-hybridized carbons (Fsp3) is 0.364. The van der Waals surface area contributed by atoms with Crippen LogP contribution in [0.1, 0.15) is 12.0 Å². The van der Waals surface area contributed by atoms with Crippen LogP contribution in [0, 0.1) is 10.1 Å². The molecule has 0 fully saturated rings. The van der Waals surface area contributed by atoms with Crippen molar-refractivity contribution >= 4 is 27.5 Å². The number of rotatable bonds is 6. The van der Waals surface area contributed by atoms with E-state index in [2.05, 4.69) is 21.2 Å². The van der Waals surface area contributed by atoms with E-state index in [1.165, 1.54) is 12.1 Å². The van der Waals surface area contributed by atoms with E-state index in [-0.39, 0.29) is 24.6 Å². The first-order valence-electron chi connectivity index (χ1n) is 5.35. The first kappa shape index (κ1) is 14.6. The number of aliphatic hydroxyl groups excluding tert-OH is 1. The molecule has 6 nitrogen and oxygen atoms in total. The van der Waals surface area contributed by atoms with Gasteiger partial charge in [-0.25, -0.2) is 0 Å². The molecule has 0 heterocycles. The number of aliphatic hydroxyl groups is 1. The predicted octanol–water partition coefficient (Wildman–Crippen LogP) is 1.40. The Morgan fingerprint density at radius 2 is 2.22 bits per heavy atom. The van der Waals surface area contributed by atoms with Crippen LogP contribution in [0.15, 0.2) is 22.7 Å². The highest BCUT2D eigenvalue weighted by Gasteiger charge is 2.11. The van der Waals surface area contributed by atoms with E-state index < -0.39 is 4.92 Å². The molecule has 0 unspecified atom stereocenters. The van der Waals surface area contributed by atoms with Gasteiger partial charge in [0.05, 0.1) is 11.3 Å². The predicted molar refractivity (Wildman–Crippen MR) is 69.2 cm³/mol. The molecule has 2 N–H and O–H groups in total. The quantitative estimate of drug-likeness (QED) is 0.471. The smallest absolute Gasteiger partial charge is 0.270 e. The average Bonchev–Trinajstić information content (AvgIpc) is 2.32. The number of nitro groups is 1. The SMILES string of the molecule is O=C(Cc1ccc([N+](=O)[O-])cc1Br)NCCCO. The van der Waals surface area contributed by atoms with Crippen LogP contribution >= 0.6 is 15.9 Å². The van der Waals surface area contributed by atoms with Crippen molar-refractivity contribution in [2.24, 2.45) is 0 Å². The molecular formula is C11H13BrN2O4. The minimum Gasteiger partial charge on any atom is -0.396 e. The van der Waals surface area contributed by atoms with Gasteiger partial charge in [-0.2, -0.15) is 0 Å². The zero-order chi connectivity index (χ0) is 13.5. The Hall–Kier alpha value is -1.47. The van der Waals surface area contributed by atoms with Crippen molar-refractivity contribution in [3.63, 3.8) is 0 Å². The van der Waals surface area contributed by atoms with Crippen molar-refractivity contribution in [3.05, 3.63) is 38.3 Å². The van der Waals surface area contributed by atoms with E-state index in [0.29, 0.717) is 23.0 Å². The second-order valence-corrected chi connectivity index (χ2v) is 4.49. The van der Waals surface area contributed by atoms with Gasteiger partial charge in [0, 0.05) is 29.8 Å². The lowest BCUT2D eigenvalue weighted by molar-refractivity contribution is -0.384. The van der Waals surface area contributed by atoms with Crippen LogP contribution in [0.4, 0.5) is 5.69 Å². The maximum Gasteiger partial charge on any atom is 0.270 e. The van der Waals surface area contributed by atoms with E-state index in [4.69, 9.17) is 5.11 Å². The van der Waals surface area contributed by atoms with Crippen LogP contribution in [-0.2, 0) is 11.2 Å². The Morgan fingerprint density at radius 3 is 2.78 bits per heavy atom. The number of nitro benzene ring substituents is 1. The topological polar surface area (TPSA) is 92.5 Å². The fourth-order valence-electron chi connectivity index (χ4n) is 1.34. The van der Waals surface area contributed by atoms with Gasteiger partial charge in [-0.3, -0.25) is 14.9 Å². The summed E-state index contributed by atoms with van der Waals surface area (Å²) in [5.41, 5.74) is 0.661. The number of amides is 1. The molecule has 0 aromatic heterocycles. The van der Waals surface area contributed by atoms with E-state index >= 15 is 0 Å². The first-order valence-corrected chi connectivity index (χ1v) is 6.14. The molecule has 0 saturated heterocycles. The molecule has 0 atom stereocenters. The summed E-state index contributed by atoms with van der Waals surface area (Å²) in [6, 6.07) is 4.28. The molecule has 1 rings (SSSR count). The van der Waals surface area contributed by atoms with Crippen LogP contribution < -0.4 is 5.32 Å². The number of hydrogen-bond donors (Lipinski definition) is 2. The van der Waals surface area contributed by atoms with E-state index in [9.17, 15) is 14.9 Å². The van der Waals surface area contributed by atoms with Gasteiger partial charge >= 0.3 is 0 Å². The molecule has 0 spiro atoms. The van der Waals surface area contributed by atoms with Crippen molar-refractivity contribution in [3.8, 4) is 0 Å². The second-order valence-electron chi connectivity index (χ2n) is 3.64. The number of carbonyl (C=O) groups excluding carboxylic acids is 1. The van der Waals surface area contributed by atoms with Crippen LogP contribution in [0.3, 0.4) is 0 Å². The van der Waals surface area contributed by atoms with Gasteiger partial charge in [-0.1, -0.05) is 22.0 Å². The number of non-ortho nitro benzene ring substituents is 1. The molecule has 7 heteroatoms. The van der Waals surface area contributed by atoms with Gasteiger partial charge in [-0.15, -0.1) is 0 Å². The molecule has 98 valence electrons. The minimum atomic E-state index is -0.490. The molecule has 0 bridgehead atoms. The molecule has 0 radical (unpaired) electrons. The van der Waals surface area contributed by atoms with Crippen molar-refractivity contribution in [2.45, 2.75) is 12.8 Å². The Labute approximate surface area is 112 Å². The lowest BCUT2D eigenvalue weighted by Crippen LogP contribution is -2.26. The van der Waals surface area contributed by atoms with E-state index in [1.807, 2.05) is 0 Å². The number of carbonyl (C=O) groups is 1. The van der Waals surface area contributed by atoms with Gasteiger partial charge in [0.1, 0.15) is 0 Å². The van der Waals surface area contributed by atoms with Crippen LogP contribution in [0.2, 0.25) is 0 Å². The lowest BCUT2D eigenvalue weighted by atomic mass is 10.1. The van der Waals surface area contributed by atoms with E-state index in [0.717, 1.165) is 0 Å². The number of hydrogen-bond acceptors (Lipinski definition) is 4. The van der Waals surface area contributed by atoms with Gasteiger partial charge in [-0.05, 0) is 12.0 Å². The third kappa shape index (κ3) is 4.42. The minimum absolute atomic E-state index is 0.0219. The molecule has 0 aliphatic rings. The maximum atomic E-state index is 11.5. The molecule has 0 saturated carbocycles. The summed E-state index contributed by atoms with van der Waals surface area (Å²) in [7, 11) is 0. The summed E-state index contributed by atoms with van der Waals surface area (Å²) >= 11 is 3.20. The molecular weight excluding hydrogens is 304 g/mol. The highest BCUT2D eigenvalue weighted by molar-refractivity contribution is 9.10. The average molecular weight is 317 g/mol. The maximum absolute atomic E-state index is 11.5. The zero-order valence-electron chi connectivity index (χ0n) is 9.56. The second kappa shape index (κ2) is 7.07. The van der Waals surface area contributed by atoms with Crippen molar-refractivity contribution in [1.29, 1.82) is 0 Å². The molecule has 1 aromatic carbocycles. The first-order chi connectivity index (χ1) is 8.54. The summed E-state index contributed by atoms with van der Waals surface area (Å²) in [6.07, 6.45) is 0.650. The Kier molecular flexibility index (Phi) is 5.73. The number of benzene rings is 1. The largest absolute Gasteiger partial charge is 0.396 e. The Morgan fingerprint density at radius 1 is 1.50 bits per heavy atom. The highest BCUT2D eigenvalue weighted by atomic mass is 79.9. The molecule has 0 aliphatic heterocycles. The van der Waals surface area contributed by atoms with Gasteiger partial charge in [0.2, 0.25) is 5.91 Å². The van der Waals surface area contributed by atoms with Gasteiger partial charge in [0.25, 0.3) is 5.69 Å². The van der Waals surface area contributed by atoms with Crippen LogP contribution in [-0.4, -0.2) is 29.1 Å². The Balaban J connectivity index is 2.62. The monoisotopic (exact) mass is 316 g/mol. The summed E-state index contributed by atoms with van der Waals surface area (Å²) in [6.45, 7) is 0.446. The van der Waals surface area contributed by atoms with Crippen molar-refractivity contribution in [2.75, 3.05) is 13.2 Å². The van der Waals surface area contributed by atoms with Gasteiger partial charge < -0.3 is 10.4 Å². The number of nitrogens with zero attached hydrogens (tertiary/aromatic N) is 1. The molecule has 1 aromatic rings. The third-order valence-corrected chi connectivity index (χ3v) is 2.99. The number of halogens is 1. The Bertz CT molecular complexity index is 451. The zero-order valence-corrected chi connectivity index (χ0v) is 11.1. The third-order valence-electron chi connectivity index (χ3n) is 2.26. The van der Waals surface area contributed by atoms with Crippen LogP contribution in [0.5, 0.6) is 0 Å². The summed E-state index contributed by atoms with van der Waals surface area (Å²) < 4.78 is 0.536. The molecule has 18 heavy (non-hydrogen) atoms. The highest BCUT2D eigenvalue weighted by Crippen LogP contribution is 2.23. The molecule has 1 amide bonds. The lowest BCUT2D eigenvalue weighted by Gasteiger charge is -2.06. The van der Waals surface area contributed by atoms with Gasteiger partial charge in [0.15, 0.2) is 0 Å². The van der Waals surface area contributed by atoms with Crippen molar-refractivity contribution < 1.29 is 14.8 Å². The summed E-state index contributed by atoms with van der Waals surface area (Å²) in [4.78, 5) is 21.6. The summed E-state index contributed by atoms with van der Waals surface area (Å²) in [5.74, 6) is -0.182. The number of nitrogens with one attached hydrogen (secondary N) is 1. The molecule has 0 aliphatic carbocycles. The van der Waals surface area contributed by atoms with Crippen LogP contribution in [0.25, 0.3) is 0 Å². The summed E-state index contributed by atoms with van der Waals surface area (Å²) in [5, 5.41) is 21.8. The normalized spacial score (nSPS) is 10.1.